The monoisotopic (exact) mass is 360 g/mol. The highest BCUT2D eigenvalue weighted by Crippen LogP contribution is 2.26. The smallest absolute Gasteiger partial charge is 0.333 e. The highest BCUT2D eigenvalue weighted by atomic mass is 19.2. The molecule has 0 atom stereocenters. The number of rotatable bonds is 5. The molecule has 26 heavy (non-hydrogen) atoms. The molecule has 0 aliphatic rings. The summed E-state index contributed by atoms with van der Waals surface area (Å²) in [5, 5.41) is 14.3. The third kappa shape index (κ3) is 3.34. The molecular formula is C16H14F2N6O2. The van der Waals surface area contributed by atoms with Crippen LogP contribution in [0.15, 0.2) is 30.6 Å². The quantitative estimate of drug-likeness (QED) is 0.554. The summed E-state index contributed by atoms with van der Waals surface area (Å²) in [6.07, 6.45) is 3.06. The van der Waals surface area contributed by atoms with Crippen molar-refractivity contribution in [3.05, 3.63) is 69.4 Å². The lowest BCUT2D eigenvalue weighted by molar-refractivity contribution is -0.385. The van der Waals surface area contributed by atoms with E-state index in [1.807, 2.05) is 0 Å². The zero-order valence-corrected chi connectivity index (χ0v) is 13.9. The van der Waals surface area contributed by atoms with Crippen LogP contribution in [0.1, 0.15) is 17.1 Å². The summed E-state index contributed by atoms with van der Waals surface area (Å²) in [5.74, 6) is -1.17. The van der Waals surface area contributed by atoms with Crippen molar-refractivity contribution < 1.29 is 13.7 Å². The average Bonchev–Trinajstić information content (AvgIpc) is 3.01. The molecule has 0 bridgehead atoms. The van der Waals surface area contributed by atoms with Gasteiger partial charge < -0.3 is 5.32 Å². The van der Waals surface area contributed by atoms with Crippen LogP contribution in [0.5, 0.6) is 0 Å². The molecule has 0 amide bonds. The molecule has 0 aliphatic heterocycles. The van der Waals surface area contributed by atoms with E-state index in [1.54, 1.807) is 13.1 Å². The van der Waals surface area contributed by atoms with Crippen LogP contribution in [0.25, 0.3) is 5.82 Å². The fraction of sp³-hybridized carbons (Fsp3) is 0.188. The molecule has 134 valence electrons. The molecular weight excluding hydrogens is 346 g/mol. The van der Waals surface area contributed by atoms with Gasteiger partial charge in [-0.2, -0.15) is 4.98 Å². The second-order valence-corrected chi connectivity index (χ2v) is 5.51. The Kier molecular flexibility index (Phi) is 4.57. The number of aryl methyl sites for hydroxylation is 2. The van der Waals surface area contributed by atoms with Gasteiger partial charge in [0.2, 0.25) is 11.8 Å². The predicted octanol–water partition coefficient (Wildman–Crippen LogP) is 3.08. The van der Waals surface area contributed by atoms with E-state index in [4.69, 9.17) is 0 Å². The molecule has 8 nitrogen and oxygen atoms in total. The number of nitrogens with zero attached hydrogens (tertiary/aromatic N) is 5. The highest BCUT2D eigenvalue weighted by Gasteiger charge is 2.24. The third-order valence-electron chi connectivity index (χ3n) is 3.71. The molecule has 2 heterocycles. The summed E-state index contributed by atoms with van der Waals surface area (Å²) in [7, 11) is 0. The first-order valence-electron chi connectivity index (χ1n) is 7.58. The first-order chi connectivity index (χ1) is 12.4. The number of hydrogen-bond acceptors (Lipinski definition) is 6. The number of nitrogens with one attached hydrogen (secondary N) is 1. The Morgan fingerprint density at radius 1 is 1.23 bits per heavy atom. The Morgan fingerprint density at radius 2 is 2.00 bits per heavy atom. The maximum atomic E-state index is 13.3. The van der Waals surface area contributed by atoms with Gasteiger partial charge in [0.05, 0.1) is 4.92 Å². The first kappa shape index (κ1) is 17.4. The van der Waals surface area contributed by atoms with E-state index in [1.165, 1.54) is 23.8 Å². The van der Waals surface area contributed by atoms with Gasteiger partial charge in [0.25, 0.3) is 0 Å². The van der Waals surface area contributed by atoms with Crippen molar-refractivity contribution in [2.24, 2.45) is 0 Å². The lowest BCUT2D eigenvalue weighted by atomic mass is 10.2. The van der Waals surface area contributed by atoms with E-state index >= 15 is 0 Å². The summed E-state index contributed by atoms with van der Waals surface area (Å²) >= 11 is 0. The lowest BCUT2D eigenvalue weighted by Gasteiger charge is -2.11. The third-order valence-corrected chi connectivity index (χ3v) is 3.71. The molecule has 2 aromatic heterocycles. The maximum absolute atomic E-state index is 13.3. The van der Waals surface area contributed by atoms with E-state index in [0.29, 0.717) is 11.4 Å². The average molecular weight is 360 g/mol. The second kappa shape index (κ2) is 6.82. The summed E-state index contributed by atoms with van der Waals surface area (Å²) in [5.41, 5.74) is 0.411. The van der Waals surface area contributed by atoms with Crippen molar-refractivity contribution in [2.45, 2.75) is 20.4 Å². The zero-order valence-electron chi connectivity index (χ0n) is 13.9. The van der Waals surface area contributed by atoms with Crippen LogP contribution in [0.3, 0.4) is 0 Å². The van der Waals surface area contributed by atoms with Gasteiger partial charge in [-0.15, -0.1) is 0 Å². The van der Waals surface area contributed by atoms with Gasteiger partial charge in [-0.1, -0.05) is 6.07 Å². The Hall–Kier alpha value is -3.43. The van der Waals surface area contributed by atoms with Gasteiger partial charge in [0.1, 0.15) is 11.5 Å². The minimum atomic E-state index is -0.958. The molecule has 0 saturated heterocycles. The first-order valence-corrected chi connectivity index (χ1v) is 7.58. The van der Waals surface area contributed by atoms with Gasteiger partial charge in [-0.05, 0) is 31.5 Å². The molecule has 3 aromatic rings. The normalized spacial score (nSPS) is 10.8. The van der Waals surface area contributed by atoms with Crippen LogP contribution in [-0.2, 0) is 6.54 Å². The number of benzene rings is 1. The summed E-state index contributed by atoms with van der Waals surface area (Å²) in [6, 6.07) is 3.50. The number of halogens is 2. The van der Waals surface area contributed by atoms with Gasteiger partial charge in [-0.3, -0.25) is 14.7 Å². The number of imidazole rings is 1. The molecule has 10 heteroatoms. The predicted molar refractivity (Wildman–Crippen MR) is 89.0 cm³/mol. The van der Waals surface area contributed by atoms with Crippen molar-refractivity contribution in [1.29, 1.82) is 0 Å². The lowest BCUT2D eigenvalue weighted by Crippen LogP contribution is -2.12. The van der Waals surface area contributed by atoms with Crippen molar-refractivity contribution in [2.75, 3.05) is 5.32 Å². The van der Waals surface area contributed by atoms with Crippen molar-refractivity contribution in [3.8, 4) is 5.82 Å². The Morgan fingerprint density at radius 3 is 2.62 bits per heavy atom. The molecule has 0 spiro atoms. The van der Waals surface area contributed by atoms with E-state index in [9.17, 15) is 18.9 Å². The topological polar surface area (TPSA) is 98.8 Å². The molecule has 1 aromatic carbocycles. The SMILES string of the molecule is Cc1nc(NCc2ccc(F)c(F)c2)nc(-n2ccnc2C)c1[N+](=O)[O-]. The molecule has 0 saturated carbocycles. The fourth-order valence-corrected chi connectivity index (χ4v) is 2.45. The molecule has 0 unspecified atom stereocenters. The number of aromatic nitrogens is 4. The van der Waals surface area contributed by atoms with Gasteiger partial charge >= 0.3 is 5.69 Å². The van der Waals surface area contributed by atoms with Crippen molar-refractivity contribution in [1.82, 2.24) is 19.5 Å². The van der Waals surface area contributed by atoms with Crippen LogP contribution in [0.2, 0.25) is 0 Å². The molecule has 1 N–H and O–H groups in total. The summed E-state index contributed by atoms with van der Waals surface area (Å²) in [6.45, 7) is 3.31. The molecule has 0 aliphatic carbocycles. The van der Waals surface area contributed by atoms with Crippen LogP contribution >= 0.6 is 0 Å². The fourth-order valence-electron chi connectivity index (χ4n) is 2.45. The minimum absolute atomic E-state index is 0.0743. The molecule has 3 rings (SSSR count). The van der Waals surface area contributed by atoms with Crippen LogP contribution < -0.4 is 5.32 Å². The van der Waals surface area contributed by atoms with Crippen molar-refractivity contribution in [3.63, 3.8) is 0 Å². The van der Waals surface area contributed by atoms with Crippen LogP contribution in [-0.4, -0.2) is 24.4 Å². The largest absolute Gasteiger partial charge is 0.350 e. The van der Waals surface area contributed by atoms with Crippen LogP contribution in [0.4, 0.5) is 20.4 Å². The number of nitro groups is 1. The van der Waals surface area contributed by atoms with Gasteiger partial charge in [0, 0.05) is 18.9 Å². The van der Waals surface area contributed by atoms with E-state index in [-0.39, 0.29) is 29.7 Å². The second-order valence-electron chi connectivity index (χ2n) is 5.51. The van der Waals surface area contributed by atoms with E-state index < -0.39 is 16.6 Å². The summed E-state index contributed by atoms with van der Waals surface area (Å²) in [4.78, 5) is 23.2. The summed E-state index contributed by atoms with van der Waals surface area (Å²) < 4.78 is 27.8. The number of hydrogen-bond donors (Lipinski definition) is 1. The number of anilines is 1. The van der Waals surface area contributed by atoms with Gasteiger partial charge in [-0.25, -0.2) is 18.7 Å². The van der Waals surface area contributed by atoms with Crippen LogP contribution in [0, 0.1) is 35.6 Å². The standard InChI is InChI=1S/C16H14F2N6O2/c1-9-14(24(25)26)15(23-6-5-19-10(23)2)22-16(21-9)20-8-11-3-4-12(17)13(18)7-11/h3-7H,8H2,1-2H3,(H,20,21,22). The molecule has 0 radical (unpaired) electrons. The zero-order chi connectivity index (χ0) is 18.8. The van der Waals surface area contributed by atoms with Gasteiger partial charge in [0.15, 0.2) is 11.6 Å². The Bertz CT molecular complexity index is 989. The van der Waals surface area contributed by atoms with E-state index in [0.717, 1.165) is 12.1 Å². The van der Waals surface area contributed by atoms with E-state index in [2.05, 4.69) is 20.3 Å². The maximum Gasteiger partial charge on any atom is 0.333 e. The molecule has 0 fully saturated rings. The Labute approximate surface area is 146 Å². The van der Waals surface area contributed by atoms with Crippen molar-refractivity contribution >= 4 is 11.6 Å². The highest BCUT2D eigenvalue weighted by molar-refractivity contribution is 5.54. The minimum Gasteiger partial charge on any atom is -0.350 e. The Balaban J connectivity index is 1.95.